The van der Waals surface area contributed by atoms with E-state index in [0.717, 1.165) is 20.3 Å². The van der Waals surface area contributed by atoms with Crippen molar-refractivity contribution in [3.8, 4) is 0 Å². The monoisotopic (exact) mass is 196 g/mol. The molecule has 82 valence electrons. The molecular weight excluding hydrogens is 176 g/mol. The van der Waals surface area contributed by atoms with E-state index in [1.54, 1.807) is 0 Å². The summed E-state index contributed by atoms with van der Waals surface area (Å²) >= 11 is 0. The number of ether oxygens (including phenoxy) is 1. The second-order valence-electron chi connectivity index (χ2n) is 2.34. The van der Waals surface area contributed by atoms with Gasteiger partial charge in [0.05, 0.1) is 13.2 Å². The molecule has 5 nitrogen and oxygen atoms in total. The SMILES string of the molecule is C1CCOC1.CO.OCC(O)CO. The first-order valence-corrected chi connectivity index (χ1v) is 4.23. The van der Waals surface area contributed by atoms with E-state index in [0.29, 0.717) is 0 Å². The van der Waals surface area contributed by atoms with Gasteiger partial charge in [-0.2, -0.15) is 0 Å². The van der Waals surface area contributed by atoms with Crippen molar-refractivity contribution in [3.05, 3.63) is 0 Å². The molecule has 13 heavy (non-hydrogen) atoms. The van der Waals surface area contributed by atoms with E-state index in [1.807, 2.05) is 0 Å². The van der Waals surface area contributed by atoms with Crippen LogP contribution in [0.15, 0.2) is 0 Å². The van der Waals surface area contributed by atoms with Crippen LogP contribution in [0.2, 0.25) is 0 Å². The largest absolute Gasteiger partial charge is 0.400 e. The summed E-state index contributed by atoms with van der Waals surface area (Å²) < 4.78 is 4.94. The van der Waals surface area contributed by atoms with Gasteiger partial charge >= 0.3 is 0 Å². The van der Waals surface area contributed by atoms with Gasteiger partial charge in [-0.15, -0.1) is 0 Å². The Kier molecular flexibility index (Phi) is 16.8. The van der Waals surface area contributed by atoms with Gasteiger partial charge in [0.1, 0.15) is 6.10 Å². The van der Waals surface area contributed by atoms with Crippen molar-refractivity contribution in [2.75, 3.05) is 33.5 Å². The number of hydrogen-bond acceptors (Lipinski definition) is 5. The average Bonchev–Trinajstić information content (AvgIpc) is 2.78. The Morgan fingerprint density at radius 3 is 1.54 bits per heavy atom. The fourth-order valence-corrected chi connectivity index (χ4v) is 0.568. The maximum atomic E-state index is 8.17. The molecule has 1 aliphatic heterocycles. The van der Waals surface area contributed by atoms with Crippen LogP contribution in [0.3, 0.4) is 0 Å². The third-order valence-electron chi connectivity index (χ3n) is 1.25. The Morgan fingerprint density at radius 2 is 1.46 bits per heavy atom. The number of aliphatic hydroxyl groups excluding tert-OH is 4. The van der Waals surface area contributed by atoms with Gasteiger partial charge < -0.3 is 25.2 Å². The van der Waals surface area contributed by atoms with Crippen LogP contribution in [0.1, 0.15) is 12.8 Å². The lowest BCUT2D eigenvalue weighted by Gasteiger charge is -1.96. The predicted octanol–water partition coefficient (Wildman–Crippen LogP) is -1.26. The highest BCUT2D eigenvalue weighted by molar-refractivity contribution is 4.44. The van der Waals surface area contributed by atoms with E-state index in [9.17, 15) is 0 Å². The number of aliphatic hydroxyl groups is 4. The summed E-state index contributed by atoms with van der Waals surface area (Å²) in [4.78, 5) is 0. The molecule has 0 aliphatic carbocycles. The van der Waals surface area contributed by atoms with E-state index < -0.39 is 6.10 Å². The summed E-state index contributed by atoms with van der Waals surface area (Å²) in [6.45, 7) is 1.27. The van der Waals surface area contributed by atoms with E-state index in [1.165, 1.54) is 12.8 Å². The summed E-state index contributed by atoms with van der Waals surface area (Å²) in [5, 5.41) is 31.0. The smallest absolute Gasteiger partial charge is 0.100 e. The van der Waals surface area contributed by atoms with Crippen LogP contribution < -0.4 is 0 Å². The quantitative estimate of drug-likeness (QED) is 0.442. The molecule has 0 aromatic rings. The molecule has 0 unspecified atom stereocenters. The Hall–Kier alpha value is -0.200. The lowest BCUT2D eigenvalue weighted by atomic mass is 10.4. The summed E-state index contributed by atoms with van der Waals surface area (Å²) in [6, 6.07) is 0. The first-order chi connectivity index (χ1) is 6.31. The summed E-state index contributed by atoms with van der Waals surface area (Å²) in [6.07, 6.45) is 1.60. The van der Waals surface area contributed by atoms with Crippen molar-refractivity contribution in [3.63, 3.8) is 0 Å². The van der Waals surface area contributed by atoms with Crippen LogP contribution >= 0.6 is 0 Å². The van der Waals surface area contributed by atoms with Crippen molar-refractivity contribution in [2.45, 2.75) is 18.9 Å². The summed E-state index contributed by atoms with van der Waals surface area (Å²) in [7, 11) is 1.00. The fourth-order valence-electron chi connectivity index (χ4n) is 0.568. The van der Waals surface area contributed by atoms with E-state index in [-0.39, 0.29) is 13.2 Å². The van der Waals surface area contributed by atoms with Gasteiger partial charge in [0.25, 0.3) is 0 Å². The molecule has 1 fully saturated rings. The molecule has 5 heteroatoms. The fraction of sp³-hybridized carbons (Fsp3) is 1.00. The van der Waals surface area contributed by atoms with Crippen LogP contribution in [0, 0.1) is 0 Å². The van der Waals surface area contributed by atoms with Crippen LogP contribution in [0.25, 0.3) is 0 Å². The zero-order valence-electron chi connectivity index (χ0n) is 8.02. The minimum absolute atomic E-state index is 0.365. The zero-order valence-corrected chi connectivity index (χ0v) is 8.02. The molecular formula is C8H20O5. The molecule has 1 saturated heterocycles. The third kappa shape index (κ3) is 14.6. The molecule has 4 N–H and O–H groups in total. The first kappa shape index (κ1) is 15.3. The topological polar surface area (TPSA) is 90.2 Å². The predicted molar refractivity (Wildman–Crippen MR) is 48.4 cm³/mol. The van der Waals surface area contributed by atoms with Crippen LogP contribution in [0.4, 0.5) is 0 Å². The second kappa shape index (κ2) is 14.3. The maximum Gasteiger partial charge on any atom is 0.100 e. The van der Waals surface area contributed by atoms with E-state index >= 15 is 0 Å². The molecule has 1 rings (SSSR count). The summed E-state index contributed by atoms with van der Waals surface area (Å²) in [5.41, 5.74) is 0. The molecule has 1 heterocycles. The molecule has 0 aromatic carbocycles. The van der Waals surface area contributed by atoms with Gasteiger partial charge in [-0.1, -0.05) is 0 Å². The Balaban J connectivity index is 0. The van der Waals surface area contributed by atoms with Gasteiger partial charge in [0, 0.05) is 20.3 Å². The minimum Gasteiger partial charge on any atom is -0.400 e. The Labute approximate surface area is 78.6 Å². The molecule has 1 aliphatic rings. The van der Waals surface area contributed by atoms with Crippen LogP contribution in [-0.2, 0) is 4.74 Å². The highest BCUT2D eigenvalue weighted by Gasteiger charge is 1.94. The number of hydrogen-bond donors (Lipinski definition) is 4. The van der Waals surface area contributed by atoms with Crippen molar-refractivity contribution < 1.29 is 25.2 Å². The minimum atomic E-state index is -0.954. The highest BCUT2D eigenvalue weighted by atomic mass is 16.5. The molecule has 0 saturated carbocycles. The van der Waals surface area contributed by atoms with Gasteiger partial charge in [-0.05, 0) is 12.8 Å². The lowest BCUT2D eigenvalue weighted by molar-refractivity contribution is 0.0450. The van der Waals surface area contributed by atoms with E-state index in [4.69, 9.17) is 25.2 Å². The highest BCUT2D eigenvalue weighted by Crippen LogP contribution is 1.98. The standard InChI is InChI=1S/C4H8O.C3H8O3.CH4O/c1-2-4-5-3-1;4-1-3(6)2-5;1-2/h1-4H2;3-6H,1-2H2;2H,1H3. The molecule has 0 atom stereocenters. The second-order valence-corrected chi connectivity index (χ2v) is 2.34. The van der Waals surface area contributed by atoms with Gasteiger partial charge in [-0.3, -0.25) is 0 Å². The lowest BCUT2D eigenvalue weighted by Crippen LogP contribution is -2.15. The van der Waals surface area contributed by atoms with Crippen molar-refractivity contribution in [1.29, 1.82) is 0 Å². The molecule has 0 spiro atoms. The summed E-state index contributed by atoms with van der Waals surface area (Å²) in [5.74, 6) is 0. The Morgan fingerprint density at radius 1 is 1.08 bits per heavy atom. The van der Waals surface area contributed by atoms with Gasteiger partial charge in [0.2, 0.25) is 0 Å². The zero-order chi connectivity index (χ0) is 10.5. The van der Waals surface area contributed by atoms with Gasteiger partial charge in [-0.25, -0.2) is 0 Å². The Bertz CT molecular complexity index is 63.3. The first-order valence-electron chi connectivity index (χ1n) is 4.23. The maximum absolute atomic E-state index is 8.17. The van der Waals surface area contributed by atoms with Crippen molar-refractivity contribution >= 4 is 0 Å². The third-order valence-corrected chi connectivity index (χ3v) is 1.25. The molecule has 0 amide bonds. The van der Waals surface area contributed by atoms with Gasteiger partial charge in [0.15, 0.2) is 0 Å². The van der Waals surface area contributed by atoms with Crippen molar-refractivity contribution in [1.82, 2.24) is 0 Å². The van der Waals surface area contributed by atoms with Crippen LogP contribution in [-0.4, -0.2) is 60.1 Å². The molecule has 0 bridgehead atoms. The van der Waals surface area contributed by atoms with Crippen LogP contribution in [0.5, 0.6) is 0 Å². The normalized spacial score (nSPS) is 14.3. The van der Waals surface area contributed by atoms with Crippen molar-refractivity contribution in [2.24, 2.45) is 0 Å². The molecule has 0 radical (unpaired) electrons. The molecule has 0 aromatic heterocycles. The van der Waals surface area contributed by atoms with E-state index in [2.05, 4.69) is 0 Å². The average molecular weight is 196 g/mol. The number of rotatable bonds is 2.